The Morgan fingerprint density at radius 2 is 1.82 bits per heavy atom. The largest absolute Gasteiger partial charge is 0.492 e. The lowest BCUT2D eigenvalue weighted by Gasteiger charge is -2.10. The van der Waals surface area contributed by atoms with Crippen LogP contribution in [0, 0.1) is 6.92 Å². The molecule has 0 atom stereocenters. The Labute approximate surface area is 205 Å². The zero-order valence-corrected chi connectivity index (χ0v) is 20.7. The number of nitrogens with one attached hydrogen (secondary N) is 1. The highest BCUT2D eigenvalue weighted by atomic mass is 35.5. The van der Waals surface area contributed by atoms with Crippen LogP contribution in [0.2, 0.25) is 10.0 Å². The molecule has 0 spiro atoms. The maximum absolute atomic E-state index is 12.7. The van der Waals surface area contributed by atoms with E-state index in [1.807, 2.05) is 31.2 Å². The lowest BCUT2D eigenvalue weighted by atomic mass is 10.2. The molecule has 1 heterocycles. The highest BCUT2D eigenvalue weighted by Gasteiger charge is 2.17. The van der Waals surface area contributed by atoms with Crippen molar-refractivity contribution in [3.8, 4) is 5.75 Å². The van der Waals surface area contributed by atoms with Crippen molar-refractivity contribution in [3.63, 3.8) is 0 Å². The van der Waals surface area contributed by atoms with Crippen LogP contribution in [0.3, 0.4) is 0 Å². The number of nitrogens with zero attached hydrogens (tertiary/aromatic N) is 1. The molecular formula is C23H20Cl2N2O4S2. The average Bonchev–Trinajstić information content (AvgIpc) is 3.09. The van der Waals surface area contributed by atoms with Crippen LogP contribution >= 0.6 is 34.5 Å². The second-order valence-corrected chi connectivity index (χ2v) is 10.9. The van der Waals surface area contributed by atoms with Crippen LogP contribution in [-0.2, 0) is 16.6 Å². The smallest absolute Gasteiger partial charge is 0.308 e. The third-order valence-corrected chi connectivity index (χ3v) is 8.22. The highest BCUT2D eigenvalue weighted by molar-refractivity contribution is 7.89. The number of sulfonamides is 1. The number of benzene rings is 3. The van der Waals surface area contributed by atoms with E-state index in [0.717, 1.165) is 22.5 Å². The highest BCUT2D eigenvalue weighted by Crippen LogP contribution is 2.24. The Hall–Kier alpha value is -2.36. The van der Waals surface area contributed by atoms with Crippen LogP contribution in [0.4, 0.5) is 0 Å². The average molecular weight is 523 g/mol. The Kier molecular flexibility index (Phi) is 7.11. The van der Waals surface area contributed by atoms with Crippen LogP contribution < -0.4 is 14.3 Å². The van der Waals surface area contributed by atoms with Gasteiger partial charge in [0, 0.05) is 16.6 Å². The van der Waals surface area contributed by atoms with E-state index in [-0.39, 0.29) is 22.9 Å². The molecule has 0 aliphatic carbocycles. The van der Waals surface area contributed by atoms with Gasteiger partial charge >= 0.3 is 4.87 Å². The summed E-state index contributed by atoms with van der Waals surface area (Å²) in [6, 6.07) is 17.2. The quantitative estimate of drug-likeness (QED) is 0.327. The molecule has 0 radical (unpaired) electrons. The van der Waals surface area contributed by atoms with Crippen molar-refractivity contribution in [3.05, 3.63) is 91.5 Å². The van der Waals surface area contributed by atoms with Crippen molar-refractivity contribution in [2.45, 2.75) is 18.4 Å². The third kappa shape index (κ3) is 5.42. The van der Waals surface area contributed by atoms with E-state index in [0.29, 0.717) is 32.6 Å². The monoisotopic (exact) mass is 522 g/mol. The van der Waals surface area contributed by atoms with E-state index in [1.165, 1.54) is 12.1 Å². The third-order valence-electron chi connectivity index (χ3n) is 5.04. The maximum atomic E-state index is 12.7. The maximum Gasteiger partial charge on any atom is 0.308 e. The first kappa shape index (κ1) is 23.8. The van der Waals surface area contributed by atoms with Crippen molar-refractivity contribution in [2.75, 3.05) is 13.2 Å². The van der Waals surface area contributed by atoms with Crippen LogP contribution in [0.25, 0.3) is 10.2 Å². The van der Waals surface area contributed by atoms with Gasteiger partial charge in [0.25, 0.3) is 0 Å². The first-order chi connectivity index (χ1) is 15.7. The number of aryl methyl sites for hydroxylation is 1. The number of halogens is 2. The van der Waals surface area contributed by atoms with Crippen molar-refractivity contribution in [1.29, 1.82) is 0 Å². The Morgan fingerprint density at radius 3 is 2.58 bits per heavy atom. The van der Waals surface area contributed by atoms with Gasteiger partial charge in [-0.15, -0.1) is 0 Å². The second kappa shape index (κ2) is 9.87. The summed E-state index contributed by atoms with van der Waals surface area (Å²) in [5.74, 6) is 0.566. The molecule has 0 aliphatic rings. The SMILES string of the molecule is Cc1ccc(OCCNS(=O)(=O)c2ccc3c(c2)sc(=O)n3Cc2ccccc2Cl)cc1Cl. The number of thiazole rings is 1. The number of rotatable bonds is 8. The van der Waals surface area contributed by atoms with Gasteiger partial charge in [-0.05, 0) is 54.4 Å². The molecule has 0 bridgehead atoms. The predicted molar refractivity (Wildman–Crippen MR) is 134 cm³/mol. The van der Waals surface area contributed by atoms with Crippen LogP contribution in [0.5, 0.6) is 5.75 Å². The zero-order chi connectivity index (χ0) is 23.6. The van der Waals surface area contributed by atoms with Crippen molar-refractivity contribution < 1.29 is 13.2 Å². The summed E-state index contributed by atoms with van der Waals surface area (Å²) in [7, 11) is -3.77. The summed E-state index contributed by atoms with van der Waals surface area (Å²) >= 11 is 13.3. The normalized spacial score (nSPS) is 11.7. The van der Waals surface area contributed by atoms with Crippen LogP contribution in [0.1, 0.15) is 11.1 Å². The molecule has 0 unspecified atom stereocenters. The molecule has 3 aromatic carbocycles. The molecule has 4 rings (SSSR count). The summed E-state index contributed by atoms with van der Waals surface area (Å²) in [5.41, 5.74) is 2.40. The standard InChI is InChI=1S/C23H20Cl2N2O4S2/c1-15-6-7-17(12-20(15)25)31-11-10-26-33(29,30)18-8-9-21-22(13-18)32-23(28)27(21)14-16-4-2-3-5-19(16)24/h2-9,12-13,26H,10-11,14H2,1H3. The summed E-state index contributed by atoms with van der Waals surface area (Å²) in [6.07, 6.45) is 0. The Bertz CT molecular complexity index is 1480. The molecule has 0 amide bonds. The van der Waals surface area contributed by atoms with Gasteiger partial charge in [-0.25, -0.2) is 13.1 Å². The minimum atomic E-state index is -3.77. The van der Waals surface area contributed by atoms with Crippen LogP contribution in [0.15, 0.2) is 70.4 Å². The fourth-order valence-electron chi connectivity index (χ4n) is 3.25. The van der Waals surface area contributed by atoms with Gasteiger partial charge in [-0.3, -0.25) is 9.36 Å². The van der Waals surface area contributed by atoms with Gasteiger partial charge in [0.15, 0.2) is 0 Å². The van der Waals surface area contributed by atoms with Crippen LogP contribution in [-0.4, -0.2) is 26.1 Å². The van der Waals surface area contributed by atoms with Gasteiger partial charge in [0.05, 0.1) is 21.7 Å². The first-order valence-corrected chi connectivity index (χ1v) is 13.1. The Morgan fingerprint density at radius 1 is 1.03 bits per heavy atom. The first-order valence-electron chi connectivity index (χ1n) is 10.00. The molecule has 0 saturated heterocycles. The van der Waals surface area contributed by atoms with Gasteiger partial charge in [-0.1, -0.05) is 58.8 Å². The summed E-state index contributed by atoms with van der Waals surface area (Å²) in [5, 5.41) is 1.16. The van der Waals surface area contributed by atoms with Gasteiger partial charge in [-0.2, -0.15) is 0 Å². The second-order valence-electron chi connectivity index (χ2n) is 7.33. The molecule has 0 aliphatic heterocycles. The summed E-state index contributed by atoms with van der Waals surface area (Å²) < 4.78 is 35.7. The summed E-state index contributed by atoms with van der Waals surface area (Å²) in [4.78, 5) is 12.5. The topological polar surface area (TPSA) is 77.4 Å². The molecule has 1 N–H and O–H groups in total. The molecule has 4 aromatic rings. The lowest BCUT2D eigenvalue weighted by Crippen LogP contribution is -2.28. The molecule has 6 nitrogen and oxygen atoms in total. The van der Waals surface area contributed by atoms with E-state index < -0.39 is 10.0 Å². The minimum Gasteiger partial charge on any atom is -0.492 e. The molecule has 1 aromatic heterocycles. The molecule has 172 valence electrons. The van der Waals surface area contributed by atoms with Gasteiger partial charge < -0.3 is 4.74 Å². The number of fused-ring (bicyclic) bond motifs is 1. The summed E-state index contributed by atoms with van der Waals surface area (Å²) in [6.45, 7) is 2.42. The van der Waals surface area contributed by atoms with E-state index >= 15 is 0 Å². The molecule has 0 fully saturated rings. The molecule has 0 saturated carbocycles. The molecule has 33 heavy (non-hydrogen) atoms. The van der Waals surface area contributed by atoms with Gasteiger partial charge in [0.1, 0.15) is 12.4 Å². The zero-order valence-electron chi connectivity index (χ0n) is 17.5. The fraction of sp³-hybridized carbons (Fsp3) is 0.174. The van der Waals surface area contributed by atoms with E-state index in [9.17, 15) is 13.2 Å². The van der Waals surface area contributed by atoms with Crippen molar-refractivity contribution in [1.82, 2.24) is 9.29 Å². The lowest BCUT2D eigenvalue weighted by molar-refractivity contribution is 0.323. The van der Waals surface area contributed by atoms with Crippen molar-refractivity contribution >= 4 is 54.8 Å². The number of hydrogen-bond acceptors (Lipinski definition) is 5. The van der Waals surface area contributed by atoms with E-state index in [4.69, 9.17) is 27.9 Å². The minimum absolute atomic E-state index is 0.0790. The van der Waals surface area contributed by atoms with Crippen molar-refractivity contribution in [2.24, 2.45) is 0 Å². The van der Waals surface area contributed by atoms with E-state index in [1.54, 1.807) is 28.8 Å². The molecular weight excluding hydrogens is 503 g/mol. The predicted octanol–water partition coefficient (Wildman–Crippen LogP) is 5.08. The number of ether oxygens (including phenoxy) is 1. The Balaban J connectivity index is 1.46. The molecule has 10 heteroatoms. The fourth-order valence-corrected chi connectivity index (χ4v) is 5.66. The number of hydrogen-bond donors (Lipinski definition) is 1. The van der Waals surface area contributed by atoms with E-state index in [2.05, 4.69) is 4.72 Å². The van der Waals surface area contributed by atoms with Gasteiger partial charge in [0.2, 0.25) is 10.0 Å². The number of aromatic nitrogens is 1.